The van der Waals surface area contributed by atoms with Crippen molar-refractivity contribution in [3.63, 3.8) is 0 Å². The van der Waals surface area contributed by atoms with Crippen molar-refractivity contribution < 1.29 is 58.2 Å². The van der Waals surface area contributed by atoms with Crippen LogP contribution in [-0.2, 0) is 44.5 Å². The minimum absolute atomic E-state index is 0.0752. The first kappa shape index (κ1) is 60.9. The summed E-state index contributed by atoms with van der Waals surface area (Å²) >= 11 is 0. The second-order valence-electron chi connectivity index (χ2n) is 22.4. The predicted octanol–water partition coefficient (Wildman–Crippen LogP) is 4.15. The number of likely N-dealkylation sites (N-methyl/N-ethyl adjacent to an activating group) is 2. The third kappa shape index (κ3) is 15.1. The number of hydrogen-bond donors (Lipinski definition) is 5. The first-order valence-electron chi connectivity index (χ1n) is 27.3. The Morgan fingerprint density at radius 1 is 1.01 bits per heavy atom. The molecule has 0 bridgehead atoms. The summed E-state index contributed by atoms with van der Waals surface area (Å²) in [5.41, 5.74) is -1.91. The van der Waals surface area contributed by atoms with Crippen molar-refractivity contribution in [2.24, 2.45) is 17.8 Å². The molecule has 0 unspecified atom stereocenters. The lowest BCUT2D eigenvalue weighted by molar-refractivity contribution is -0.301. The van der Waals surface area contributed by atoms with Gasteiger partial charge in [0.25, 0.3) is 5.91 Å². The van der Waals surface area contributed by atoms with Crippen LogP contribution >= 0.6 is 0 Å². The molecule has 19 heteroatoms. The summed E-state index contributed by atoms with van der Waals surface area (Å²) in [6.45, 7) is 14.8. The number of pyridine rings is 2. The van der Waals surface area contributed by atoms with Crippen LogP contribution in [0.25, 0.3) is 10.9 Å². The molecule has 19 nitrogen and oxygen atoms in total. The molecule has 6 rings (SSSR count). The molecule has 1 aromatic carbocycles. The summed E-state index contributed by atoms with van der Waals surface area (Å²) in [5.74, 6) is 1.28. The maximum absolute atomic E-state index is 14.5. The van der Waals surface area contributed by atoms with Gasteiger partial charge in [-0.25, -0.2) is 0 Å². The monoisotopic (exact) mass is 1070 g/mol. The minimum Gasteiger partial charge on any atom is -0.461 e. The van der Waals surface area contributed by atoms with E-state index in [1.807, 2.05) is 61.5 Å². The number of ether oxygens (including phenoxy) is 5. The highest BCUT2D eigenvalue weighted by Crippen LogP contribution is 2.40. The number of aliphatic hydroxyl groups excluding tert-OH is 2. The average Bonchev–Trinajstić information content (AvgIpc) is 4.26. The number of rotatable bonds is 15. The number of aromatic nitrogens is 2. The zero-order valence-electron chi connectivity index (χ0n) is 47.1. The fraction of sp³-hybridized carbons (Fsp3) is 0.655. The van der Waals surface area contributed by atoms with Gasteiger partial charge >= 0.3 is 17.9 Å². The summed E-state index contributed by atoms with van der Waals surface area (Å²) in [4.78, 5) is 77.0. The molecule has 3 fully saturated rings. The highest BCUT2D eigenvalue weighted by Gasteiger charge is 2.53. The van der Waals surface area contributed by atoms with E-state index in [0.717, 1.165) is 18.4 Å². The van der Waals surface area contributed by atoms with Gasteiger partial charge in [0.1, 0.15) is 47.3 Å². The molecule has 0 spiro atoms. The third-order valence-corrected chi connectivity index (χ3v) is 15.7. The SMILES string of the molecule is CC[C@H]1OC(=O)[C@H](C)[C@@H](OC(=O)Cc2ccccn2)[C@H](C)[C@@H](O[C@@H]2O[C@H](C)C[C@H](N(C)C)[C@H]2O)[C@](C)(OC(=O)CCNCCC#Cc2ccc3c(c2)c(=O)c(C(=O)NC)cn3C2CC2)C[C@@H](C)CN(C)[C@H](C)[C@@H](O)[C@]1(C)O. The second kappa shape index (κ2) is 26.6. The quantitative estimate of drug-likeness (QED) is 0.0622. The number of cyclic esters (lactones) is 1. The van der Waals surface area contributed by atoms with Gasteiger partial charge in [0.05, 0.1) is 36.1 Å². The van der Waals surface area contributed by atoms with E-state index >= 15 is 0 Å². The van der Waals surface area contributed by atoms with Crippen LogP contribution in [0.1, 0.15) is 128 Å². The van der Waals surface area contributed by atoms with Crippen molar-refractivity contribution in [3.8, 4) is 11.8 Å². The molecule has 1 amide bonds. The van der Waals surface area contributed by atoms with E-state index in [2.05, 4.69) is 27.5 Å². The Hall–Kier alpha value is -5.30. The number of aliphatic hydroxyl groups is 3. The summed E-state index contributed by atoms with van der Waals surface area (Å²) in [5, 5.41) is 41.9. The highest BCUT2D eigenvalue weighted by atomic mass is 16.7. The minimum atomic E-state index is -1.90. The molecule has 3 aliphatic rings. The Labute approximate surface area is 453 Å². The molecule has 1 saturated carbocycles. The molecule has 77 heavy (non-hydrogen) atoms. The number of esters is 3. The van der Waals surface area contributed by atoms with Gasteiger partial charge in [-0.3, -0.25) is 29.0 Å². The summed E-state index contributed by atoms with van der Waals surface area (Å²) in [6.07, 6.45) is -1.80. The van der Waals surface area contributed by atoms with Crippen LogP contribution in [0.4, 0.5) is 0 Å². The number of nitrogens with one attached hydrogen (secondary N) is 2. The Kier molecular flexibility index (Phi) is 21.0. The lowest BCUT2D eigenvalue weighted by Crippen LogP contribution is -2.60. The number of carbonyl (C=O) groups excluding carboxylic acids is 4. The summed E-state index contributed by atoms with van der Waals surface area (Å²) in [6, 6.07) is 9.81. The molecule has 1 aliphatic carbocycles. The Morgan fingerprint density at radius 2 is 1.74 bits per heavy atom. The predicted molar refractivity (Wildman–Crippen MR) is 289 cm³/mol. The van der Waals surface area contributed by atoms with Gasteiger partial charge in [0.2, 0.25) is 5.43 Å². The van der Waals surface area contributed by atoms with Crippen LogP contribution in [0.2, 0.25) is 0 Å². The molecule has 14 atom stereocenters. The zero-order valence-corrected chi connectivity index (χ0v) is 47.1. The van der Waals surface area contributed by atoms with Crippen LogP contribution in [0.5, 0.6) is 0 Å². The molecule has 2 aliphatic heterocycles. The largest absolute Gasteiger partial charge is 0.461 e. The van der Waals surface area contributed by atoms with Gasteiger partial charge < -0.3 is 64.0 Å². The number of hydrogen-bond acceptors (Lipinski definition) is 17. The smallest absolute Gasteiger partial charge is 0.312 e. The number of carbonyl (C=O) groups is 4. The topological polar surface area (TPSA) is 241 Å². The van der Waals surface area contributed by atoms with Crippen LogP contribution in [0, 0.1) is 29.6 Å². The lowest BCUT2D eigenvalue weighted by atomic mass is 9.77. The number of amides is 1. The molecule has 2 aromatic heterocycles. The Balaban J connectivity index is 1.29. The second-order valence-corrected chi connectivity index (χ2v) is 22.4. The Bertz CT molecular complexity index is 2630. The molecule has 4 heterocycles. The molecule has 3 aromatic rings. The van der Waals surface area contributed by atoms with Crippen LogP contribution in [0.3, 0.4) is 0 Å². The highest BCUT2D eigenvalue weighted by molar-refractivity contribution is 5.97. The zero-order chi connectivity index (χ0) is 56.5. The fourth-order valence-corrected chi connectivity index (χ4v) is 11.2. The number of fused-ring (bicyclic) bond motifs is 1. The summed E-state index contributed by atoms with van der Waals surface area (Å²) < 4.78 is 34.4. The van der Waals surface area contributed by atoms with Crippen molar-refractivity contribution in [3.05, 3.63) is 75.8 Å². The molecule has 424 valence electrons. The van der Waals surface area contributed by atoms with Gasteiger partial charge in [0.15, 0.2) is 6.29 Å². The van der Waals surface area contributed by atoms with Gasteiger partial charge in [-0.2, -0.15) is 0 Å². The average molecular weight is 1070 g/mol. The van der Waals surface area contributed by atoms with Gasteiger partial charge in [-0.05, 0) is 124 Å². The lowest BCUT2D eigenvalue weighted by Gasteiger charge is -2.48. The van der Waals surface area contributed by atoms with Crippen molar-refractivity contribution in [2.45, 2.75) is 179 Å². The van der Waals surface area contributed by atoms with Gasteiger partial charge in [0, 0.05) is 80.5 Å². The first-order valence-corrected chi connectivity index (χ1v) is 27.3. The summed E-state index contributed by atoms with van der Waals surface area (Å²) in [7, 11) is 7.02. The molecule has 5 N–H and O–H groups in total. The number of benzene rings is 1. The van der Waals surface area contributed by atoms with E-state index in [4.69, 9.17) is 23.7 Å². The van der Waals surface area contributed by atoms with Crippen LogP contribution in [-0.4, -0.2) is 173 Å². The first-order chi connectivity index (χ1) is 36.4. The maximum Gasteiger partial charge on any atom is 0.312 e. The van der Waals surface area contributed by atoms with E-state index in [1.165, 1.54) is 14.0 Å². The van der Waals surface area contributed by atoms with E-state index in [-0.39, 0.29) is 67.3 Å². The Morgan fingerprint density at radius 3 is 2.39 bits per heavy atom. The molecule has 0 radical (unpaired) electrons. The number of nitrogens with zero attached hydrogens (tertiary/aromatic N) is 4. The van der Waals surface area contributed by atoms with E-state index in [0.29, 0.717) is 42.6 Å². The van der Waals surface area contributed by atoms with Crippen molar-refractivity contribution in [1.82, 2.24) is 30.0 Å². The molecule has 2 saturated heterocycles. The maximum atomic E-state index is 14.5. The van der Waals surface area contributed by atoms with Gasteiger partial charge in [-0.15, -0.1) is 0 Å². The van der Waals surface area contributed by atoms with Crippen molar-refractivity contribution in [1.29, 1.82) is 0 Å². The van der Waals surface area contributed by atoms with E-state index in [9.17, 15) is 39.3 Å². The van der Waals surface area contributed by atoms with Crippen LogP contribution < -0.4 is 16.1 Å². The van der Waals surface area contributed by atoms with E-state index in [1.54, 1.807) is 71.3 Å². The fourth-order valence-electron chi connectivity index (χ4n) is 11.2. The van der Waals surface area contributed by atoms with Crippen molar-refractivity contribution in [2.75, 3.05) is 47.8 Å². The van der Waals surface area contributed by atoms with Crippen molar-refractivity contribution >= 4 is 34.7 Å². The van der Waals surface area contributed by atoms with E-state index < -0.39 is 89.7 Å². The molecular formula is C58H84N6O13. The standard InChI is InChI=1S/C58H84N6O13/c1-13-46-58(8,72)52(69)38(6)63(12)32-34(2)31-57(7,77-47(65)24-27-60-25-16-14-18-39-20-23-44-42(29-39)49(67)43(54(70)59-9)33-64(44)41-21-22-41)53(76-56-50(68)45(62(10)11)28-35(3)73-56)36(4)51(37(5)55(71)74-46)75-48(66)30-40-19-15-17-26-61-40/h15,17,19-20,23,26,29,33-38,41,45-46,50-53,56,60,68-69,72H,13,16,21-22,24-25,27-28,30-32H2,1-12H3,(H,59,70)/t34-,35-,36+,37-,38-,45+,46-,50-,51+,52-,53-,56+,57-,58-/m1/s1. The third-order valence-electron chi connectivity index (χ3n) is 15.7. The van der Waals surface area contributed by atoms with Gasteiger partial charge in [-0.1, -0.05) is 38.7 Å². The molecular weight excluding hydrogens is 989 g/mol. The normalized spacial score (nSPS) is 31.8. The van der Waals surface area contributed by atoms with Crippen LogP contribution in [0.15, 0.2) is 53.6 Å².